The first-order valence-corrected chi connectivity index (χ1v) is 11.3. The average Bonchev–Trinajstić information content (AvgIpc) is 3.10. The number of hydrogen-bond donors (Lipinski definition) is 0. The number of halogens is 1. The molecule has 0 radical (unpaired) electrons. The fourth-order valence-electron chi connectivity index (χ4n) is 3.71. The zero-order valence-electron chi connectivity index (χ0n) is 15.5. The van der Waals surface area contributed by atoms with Gasteiger partial charge in [0.05, 0.1) is 4.92 Å². The predicted molar refractivity (Wildman–Crippen MR) is 109 cm³/mol. The number of fused-ring (bicyclic) bond motifs is 1. The van der Waals surface area contributed by atoms with Gasteiger partial charge >= 0.3 is 5.69 Å². The summed E-state index contributed by atoms with van der Waals surface area (Å²) in [7, 11) is -3.72. The molecule has 2 aromatic carbocycles. The number of oxazole rings is 1. The van der Waals surface area contributed by atoms with Gasteiger partial charge in [0.2, 0.25) is 0 Å². The molecule has 1 fully saturated rings. The van der Waals surface area contributed by atoms with Crippen molar-refractivity contribution >= 4 is 43.9 Å². The van der Waals surface area contributed by atoms with Crippen LogP contribution in [0.15, 0.2) is 45.7 Å². The zero-order valence-corrected chi connectivity index (χ0v) is 17.1. The Balaban J connectivity index is 1.59. The molecule has 0 unspecified atom stereocenters. The van der Waals surface area contributed by atoms with Crippen molar-refractivity contribution in [2.24, 2.45) is 0 Å². The third-order valence-corrected chi connectivity index (χ3v) is 6.47. The van der Waals surface area contributed by atoms with Gasteiger partial charge in [-0.25, -0.2) is 13.4 Å². The lowest BCUT2D eigenvalue weighted by molar-refractivity contribution is -0.387. The third-order valence-electron chi connectivity index (χ3n) is 5.11. The lowest BCUT2D eigenvalue weighted by Crippen LogP contribution is -2.33. The predicted octanol–water partition coefficient (Wildman–Crippen LogP) is 4.18. The minimum absolute atomic E-state index is 0.0783. The summed E-state index contributed by atoms with van der Waals surface area (Å²) in [6, 6.07) is 9.68. The number of nitrogens with zero attached hydrogens (tertiary/aromatic N) is 3. The largest absolute Gasteiger partial charge is 0.440 e. The second kappa shape index (κ2) is 7.31. The zero-order chi connectivity index (χ0) is 20.8. The Bertz CT molecular complexity index is 1200. The van der Waals surface area contributed by atoms with Crippen molar-refractivity contribution in [2.45, 2.75) is 23.7 Å². The molecule has 1 aliphatic rings. The van der Waals surface area contributed by atoms with Crippen LogP contribution in [0.5, 0.6) is 0 Å². The van der Waals surface area contributed by atoms with Crippen molar-refractivity contribution in [3.05, 3.63) is 57.4 Å². The SMILES string of the molecule is CS(=O)(=O)c1cccc(N2CCC(c3nc4cc(Cl)ccc4o3)CC2)c1[N+](=O)[O-]. The molecular formula is C19H18ClN3O5S. The number of hydrogen-bond acceptors (Lipinski definition) is 7. The molecule has 8 nitrogen and oxygen atoms in total. The molecule has 29 heavy (non-hydrogen) atoms. The van der Waals surface area contributed by atoms with E-state index in [0.717, 1.165) is 6.26 Å². The quantitative estimate of drug-likeness (QED) is 0.447. The normalized spacial score (nSPS) is 15.7. The van der Waals surface area contributed by atoms with Gasteiger partial charge in [0, 0.05) is 30.3 Å². The molecule has 0 amide bonds. The molecule has 0 atom stereocenters. The van der Waals surface area contributed by atoms with Crippen molar-refractivity contribution in [1.29, 1.82) is 0 Å². The number of rotatable bonds is 4. The molecule has 1 saturated heterocycles. The lowest BCUT2D eigenvalue weighted by Gasteiger charge is -2.32. The highest BCUT2D eigenvalue weighted by molar-refractivity contribution is 7.90. The van der Waals surface area contributed by atoms with Gasteiger partial charge in [0.1, 0.15) is 16.1 Å². The summed E-state index contributed by atoms with van der Waals surface area (Å²) in [6.45, 7) is 1.05. The van der Waals surface area contributed by atoms with Gasteiger partial charge < -0.3 is 9.32 Å². The van der Waals surface area contributed by atoms with Crippen LogP contribution in [0.4, 0.5) is 11.4 Å². The molecule has 0 spiro atoms. The summed E-state index contributed by atoms with van der Waals surface area (Å²) in [4.78, 5) is 17.1. The maximum Gasteiger partial charge on any atom is 0.311 e. The molecule has 2 heterocycles. The summed E-state index contributed by atoms with van der Waals surface area (Å²) in [5.74, 6) is 0.705. The van der Waals surface area contributed by atoms with Crippen molar-refractivity contribution < 1.29 is 17.8 Å². The van der Waals surface area contributed by atoms with Crippen molar-refractivity contribution in [3.8, 4) is 0 Å². The number of piperidine rings is 1. The minimum atomic E-state index is -3.72. The van der Waals surface area contributed by atoms with E-state index in [0.29, 0.717) is 53.6 Å². The van der Waals surface area contributed by atoms with Crippen molar-refractivity contribution in [3.63, 3.8) is 0 Å². The van der Waals surface area contributed by atoms with Crippen LogP contribution >= 0.6 is 11.6 Å². The van der Waals surface area contributed by atoms with Gasteiger partial charge in [0.25, 0.3) is 0 Å². The van der Waals surface area contributed by atoms with Gasteiger partial charge in [-0.1, -0.05) is 17.7 Å². The van der Waals surface area contributed by atoms with Crippen LogP contribution in [0, 0.1) is 10.1 Å². The van der Waals surface area contributed by atoms with Crippen molar-refractivity contribution in [2.75, 3.05) is 24.2 Å². The molecule has 0 N–H and O–H groups in total. The van der Waals surface area contributed by atoms with E-state index >= 15 is 0 Å². The van der Waals surface area contributed by atoms with Crippen LogP contribution in [-0.2, 0) is 9.84 Å². The van der Waals surface area contributed by atoms with Gasteiger partial charge in [-0.3, -0.25) is 10.1 Å². The van der Waals surface area contributed by atoms with E-state index in [1.807, 2.05) is 4.90 Å². The Kier molecular flexibility index (Phi) is 4.95. The number of benzene rings is 2. The van der Waals surface area contributed by atoms with E-state index in [2.05, 4.69) is 4.98 Å². The van der Waals surface area contributed by atoms with Gasteiger partial charge in [-0.15, -0.1) is 0 Å². The molecule has 4 rings (SSSR count). The Labute approximate surface area is 172 Å². The van der Waals surface area contributed by atoms with Crippen LogP contribution in [-0.4, -0.2) is 37.7 Å². The summed E-state index contributed by atoms with van der Waals surface area (Å²) >= 11 is 6.00. The topological polar surface area (TPSA) is 107 Å². The lowest BCUT2D eigenvalue weighted by atomic mass is 9.96. The number of nitro groups is 1. The number of nitro benzene ring substituents is 1. The Hall–Kier alpha value is -2.65. The number of sulfone groups is 1. The second-order valence-electron chi connectivity index (χ2n) is 7.08. The van der Waals surface area contributed by atoms with Crippen LogP contribution < -0.4 is 4.90 Å². The van der Waals surface area contributed by atoms with Gasteiger partial charge in [-0.2, -0.15) is 0 Å². The Morgan fingerprint density at radius 1 is 1.24 bits per heavy atom. The molecule has 152 valence electrons. The summed E-state index contributed by atoms with van der Waals surface area (Å²) in [5.41, 5.74) is 1.32. The highest BCUT2D eigenvalue weighted by Crippen LogP contribution is 2.38. The highest BCUT2D eigenvalue weighted by atomic mass is 35.5. The first-order valence-electron chi connectivity index (χ1n) is 9.02. The van der Waals surface area contributed by atoms with E-state index in [-0.39, 0.29) is 16.5 Å². The van der Waals surface area contributed by atoms with Gasteiger partial charge in [-0.05, 0) is 43.2 Å². The van der Waals surface area contributed by atoms with E-state index in [4.69, 9.17) is 16.0 Å². The van der Waals surface area contributed by atoms with E-state index in [9.17, 15) is 18.5 Å². The first kappa shape index (κ1) is 19.7. The standard InChI is InChI=1S/C19H18ClN3O5S/c1-29(26,27)17-4-2-3-15(18(17)23(24)25)22-9-7-12(8-10-22)19-21-14-11-13(20)5-6-16(14)28-19/h2-6,11-12H,7-10H2,1H3. The molecular weight excluding hydrogens is 418 g/mol. The first-order chi connectivity index (χ1) is 13.7. The summed E-state index contributed by atoms with van der Waals surface area (Å²) in [5, 5.41) is 12.2. The molecule has 1 aromatic heterocycles. The fourth-order valence-corrected chi connectivity index (χ4v) is 4.73. The Morgan fingerprint density at radius 2 is 1.97 bits per heavy atom. The Morgan fingerprint density at radius 3 is 2.62 bits per heavy atom. The van der Waals surface area contributed by atoms with Crippen LogP contribution in [0.1, 0.15) is 24.7 Å². The van der Waals surface area contributed by atoms with E-state index < -0.39 is 14.8 Å². The fraction of sp³-hybridized carbons (Fsp3) is 0.316. The van der Waals surface area contributed by atoms with Crippen molar-refractivity contribution in [1.82, 2.24) is 4.98 Å². The maximum atomic E-state index is 12.0. The third kappa shape index (κ3) is 3.79. The van der Waals surface area contributed by atoms with Gasteiger partial charge in [0.15, 0.2) is 21.3 Å². The molecule has 3 aromatic rings. The summed E-state index contributed by atoms with van der Waals surface area (Å²) in [6.07, 6.45) is 2.34. The molecule has 1 aliphatic heterocycles. The molecule has 10 heteroatoms. The second-order valence-corrected chi connectivity index (χ2v) is 9.50. The average molecular weight is 436 g/mol. The monoisotopic (exact) mass is 435 g/mol. The minimum Gasteiger partial charge on any atom is -0.440 e. The van der Waals surface area contributed by atoms with Crippen LogP contribution in [0.2, 0.25) is 5.02 Å². The van der Waals surface area contributed by atoms with Crippen LogP contribution in [0.25, 0.3) is 11.1 Å². The number of aromatic nitrogens is 1. The molecule has 0 saturated carbocycles. The summed E-state index contributed by atoms with van der Waals surface area (Å²) < 4.78 is 29.8. The molecule has 0 bridgehead atoms. The smallest absolute Gasteiger partial charge is 0.311 e. The maximum absolute atomic E-state index is 12.0. The van der Waals surface area contributed by atoms with E-state index in [1.54, 1.807) is 24.3 Å². The number of anilines is 1. The van der Waals surface area contributed by atoms with E-state index in [1.165, 1.54) is 12.1 Å². The number of para-hydroxylation sites is 1. The molecule has 0 aliphatic carbocycles. The van der Waals surface area contributed by atoms with Crippen LogP contribution in [0.3, 0.4) is 0 Å². The highest BCUT2D eigenvalue weighted by Gasteiger charge is 2.32.